The summed E-state index contributed by atoms with van der Waals surface area (Å²) in [5.74, 6) is 0.473. The molecule has 1 heterocycles. The van der Waals surface area contributed by atoms with Gasteiger partial charge in [0, 0.05) is 14.2 Å². The minimum absolute atomic E-state index is 0.375. The van der Waals surface area contributed by atoms with Gasteiger partial charge in [-0.15, -0.1) is 11.3 Å². The Labute approximate surface area is 123 Å². The van der Waals surface area contributed by atoms with Gasteiger partial charge in [-0.1, -0.05) is 53.2 Å². The second-order valence-corrected chi connectivity index (χ2v) is 7.28. The Morgan fingerprint density at radius 3 is 2.35 bits per heavy atom. The number of hydrogen-bond donors (Lipinski definition) is 0. The van der Waals surface area contributed by atoms with Crippen molar-refractivity contribution >= 4 is 43.2 Å². The number of rotatable bonds is 3. The lowest BCUT2D eigenvalue weighted by atomic mass is 9.97. The van der Waals surface area contributed by atoms with Gasteiger partial charge in [0.25, 0.3) is 0 Å². The molecule has 0 spiro atoms. The van der Waals surface area contributed by atoms with Crippen LogP contribution >= 0.6 is 43.2 Å². The highest BCUT2D eigenvalue weighted by Crippen LogP contribution is 2.42. The minimum atomic E-state index is 0.375. The van der Waals surface area contributed by atoms with E-state index in [0.717, 1.165) is 0 Å². The molecular formula is C14H14Br2S. The molecule has 0 amide bonds. The van der Waals surface area contributed by atoms with Crippen LogP contribution in [0.3, 0.4) is 0 Å². The van der Waals surface area contributed by atoms with Crippen LogP contribution in [0, 0.1) is 6.92 Å². The standard InChI is InChI=1S/C14H14Br2S/c1-9(11-6-4-3-5-7-11)14(16)13-8-12(15)10(2)17-13/h3-9,14H,1-2H3. The SMILES string of the molecule is Cc1sc(C(Br)C(C)c2ccccc2)cc1Br. The molecule has 0 aliphatic rings. The van der Waals surface area contributed by atoms with Crippen LogP contribution in [-0.4, -0.2) is 0 Å². The van der Waals surface area contributed by atoms with E-state index in [2.05, 4.69) is 82.1 Å². The van der Waals surface area contributed by atoms with Gasteiger partial charge in [-0.2, -0.15) is 0 Å². The van der Waals surface area contributed by atoms with Gasteiger partial charge < -0.3 is 0 Å². The van der Waals surface area contributed by atoms with Crippen molar-refractivity contribution in [1.29, 1.82) is 0 Å². The zero-order valence-electron chi connectivity index (χ0n) is 9.78. The zero-order chi connectivity index (χ0) is 12.4. The van der Waals surface area contributed by atoms with Crippen molar-refractivity contribution in [2.24, 2.45) is 0 Å². The highest BCUT2D eigenvalue weighted by Gasteiger charge is 2.20. The van der Waals surface area contributed by atoms with E-state index in [-0.39, 0.29) is 0 Å². The molecule has 90 valence electrons. The maximum absolute atomic E-state index is 3.83. The zero-order valence-corrected chi connectivity index (χ0v) is 13.8. The highest BCUT2D eigenvalue weighted by atomic mass is 79.9. The predicted molar refractivity (Wildman–Crippen MR) is 83.3 cm³/mol. The summed E-state index contributed by atoms with van der Waals surface area (Å²) in [6.07, 6.45) is 0. The highest BCUT2D eigenvalue weighted by molar-refractivity contribution is 9.10. The van der Waals surface area contributed by atoms with E-state index >= 15 is 0 Å². The van der Waals surface area contributed by atoms with Gasteiger partial charge in [0.05, 0.1) is 4.83 Å². The third-order valence-electron chi connectivity index (χ3n) is 2.91. The maximum atomic E-state index is 3.83. The van der Waals surface area contributed by atoms with Gasteiger partial charge in [-0.25, -0.2) is 0 Å². The minimum Gasteiger partial charge on any atom is -0.143 e. The van der Waals surface area contributed by atoms with Crippen LogP contribution in [0.5, 0.6) is 0 Å². The molecular weight excluding hydrogens is 360 g/mol. The number of hydrogen-bond acceptors (Lipinski definition) is 1. The van der Waals surface area contributed by atoms with E-state index in [1.54, 1.807) is 0 Å². The fourth-order valence-corrected chi connectivity index (χ4v) is 4.15. The van der Waals surface area contributed by atoms with Gasteiger partial charge in [0.1, 0.15) is 0 Å². The Bertz CT molecular complexity index is 471. The average Bonchev–Trinajstić information content (AvgIpc) is 2.69. The van der Waals surface area contributed by atoms with Crippen LogP contribution in [0.15, 0.2) is 40.9 Å². The maximum Gasteiger partial charge on any atom is 0.0555 e. The third-order valence-corrected chi connectivity index (χ3v) is 6.72. The van der Waals surface area contributed by atoms with Crippen molar-refractivity contribution in [1.82, 2.24) is 0 Å². The molecule has 2 aromatic rings. The van der Waals surface area contributed by atoms with E-state index < -0.39 is 0 Å². The monoisotopic (exact) mass is 372 g/mol. The van der Waals surface area contributed by atoms with E-state index in [1.807, 2.05) is 11.3 Å². The van der Waals surface area contributed by atoms with E-state index in [4.69, 9.17) is 0 Å². The summed E-state index contributed by atoms with van der Waals surface area (Å²) in [6.45, 7) is 4.41. The van der Waals surface area contributed by atoms with E-state index in [9.17, 15) is 0 Å². The summed E-state index contributed by atoms with van der Waals surface area (Å²) in [6, 6.07) is 12.9. The lowest BCUT2D eigenvalue weighted by molar-refractivity contribution is 0.761. The molecule has 0 aliphatic carbocycles. The topological polar surface area (TPSA) is 0 Å². The molecule has 0 bridgehead atoms. The first-order valence-corrected chi connectivity index (χ1v) is 8.07. The Morgan fingerprint density at radius 1 is 1.18 bits per heavy atom. The molecule has 2 rings (SSSR count). The van der Waals surface area contributed by atoms with Crippen LogP contribution in [0.4, 0.5) is 0 Å². The molecule has 0 aliphatic heterocycles. The molecule has 2 atom stereocenters. The molecule has 0 saturated carbocycles. The molecule has 1 aromatic carbocycles. The first-order valence-electron chi connectivity index (χ1n) is 5.54. The summed E-state index contributed by atoms with van der Waals surface area (Å²) in [5, 5.41) is 0. The summed E-state index contributed by atoms with van der Waals surface area (Å²) < 4.78 is 1.21. The molecule has 0 nitrogen and oxygen atoms in total. The van der Waals surface area contributed by atoms with Crippen LogP contribution in [0.1, 0.15) is 33.0 Å². The van der Waals surface area contributed by atoms with E-state index in [0.29, 0.717) is 10.7 Å². The summed E-state index contributed by atoms with van der Waals surface area (Å²) >= 11 is 9.26. The van der Waals surface area contributed by atoms with Crippen LogP contribution in [0.2, 0.25) is 0 Å². The second kappa shape index (κ2) is 5.68. The van der Waals surface area contributed by atoms with Gasteiger partial charge in [-0.05, 0) is 40.4 Å². The number of alkyl halides is 1. The summed E-state index contributed by atoms with van der Waals surface area (Å²) in [5.41, 5.74) is 1.37. The number of benzene rings is 1. The Morgan fingerprint density at radius 2 is 1.82 bits per heavy atom. The molecule has 0 radical (unpaired) electrons. The van der Waals surface area contributed by atoms with Gasteiger partial charge in [0.2, 0.25) is 0 Å². The molecule has 0 N–H and O–H groups in total. The normalized spacial score (nSPS) is 14.6. The third kappa shape index (κ3) is 3.01. The first kappa shape index (κ1) is 13.3. The lowest BCUT2D eigenvalue weighted by Gasteiger charge is -2.17. The summed E-state index contributed by atoms with van der Waals surface area (Å²) in [4.78, 5) is 3.09. The van der Waals surface area contributed by atoms with Gasteiger partial charge in [-0.3, -0.25) is 0 Å². The smallest absolute Gasteiger partial charge is 0.0555 e. The number of aryl methyl sites for hydroxylation is 1. The predicted octanol–water partition coefficient (Wildman–Crippen LogP) is 6.06. The van der Waals surface area contributed by atoms with E-state index in [1.165, 1.54) is 19.8 Å². The summed E-state index contributed by atoms with van der Waals surface area (Å²) in [7, 11) is 0. The van der Waals surface area contributed by atoms with Crippen molar-refractivity contribution in [2.45, 2.75) is 24.6 Å². The van der Waals surface area contributed by atoms with Crippen molar-refractivity contribution in [3.63, 3.8) is 0 Å². The fraction of sp³-hybridized carbons (Fsp3) is 0.286. The van der Waals surface area contributed by atoms with Crippen molar-refractivity contribution in [3.05, 3.63) is 56.2 Å². The molecule has 17 heavy (non-hydrogen) atoms. The first-order chi connectivity index (χ1) is 8.09. The van der Waals surface area contributed by atoms with Crippen molar-refractivity contribution in [3.8, 4) is 0 Å². The van der Waals surface area contributed by atoms with Gasteiger partial charge in [0.15, 0.2) is 0 Å². The van der Waals surface area contributed by atoms with Crippen LogP contribution in [-0.2, 0) is 0 Å². The molecule has 3 heteroatoms. The fourth-order valence-electron chi connectivity index (χ4n) is 1.79. The molecule has 0 saturated heterocycles. The van der Waals surface area contributed by atoms with Crippen molar-refractivity contribution < 1.29 is 0 Å². The quantitative estimate of drug-likeness (QED) is 0.573. The molecule has 0 fully saturated rings. The van der Waals surface area contributed by atoms with Gasteiger partial charge >= 0.3 is 0 Å². The Hall–Kier alpha value is -0.120. The number of thiophene rings is 1. The molecule has 2 unspecified atom stereocenters. The van der Waals surface area contributed by atoms with Crippen LogP contribution in [0.25, 0.3) is 0 Å². The van der Waals surface area contributed by atoms with Crippen LogP contribution < -0.4 is 0 Å². The number of halogens is 2. The Balaban J connectivity index is 2.23. The van der Waals surface area contributed by atoms with Crippen molar-refractivity contribution in [2.75, 3.05) is 0 Å². The largest absolute Gasteiger partial charge is 0.143 e. The average molecular weight is 374 g/mol. The lowest BCUT2D eigenvalue weighted by Crippen LogP contribution is -2.00. The second-order valence-electron chi connectivity index (χ2n) is 4.15. The Kier molecular flexibility index (Phi) is 4.45. The molecule has 1 aromatic heterocycles.